The quantitative estimate of drug-likeness (QED) is 0.890. The van der Waals surface area contributed by atoms with Gasteiger partial charge in [0.15, 0.2) is 17.4 Å². The number of rotatable bonds is 4. The summed E-state index contributed by atoms with van der Waals surface area (Å²) in [4.78, 5) is 3.98. The number of hydrogen-bond donors (Lipinski definition) is 1. The van der Waals surface area contributed by atoms with Gasteiger partial charge in [-0.15, -0.1) is 0 Å². The summed E-state index contributed by atoms with van der Waals surface area (Å²) in [6.07, 6.45) is 1.39. The Balaban J connectivity index is 2.27. The molecule has 1 heterocycles. The van der Waals surface area contributed by atoms with E-state index in [0.717, 1.165) is 12.6 Å². The van der Waals surface area contributed by atoms with Crippen molar-refractivity contribution in [1.82, 2.24) is 10.3 Å². The van der Waals surface area contributed by atoms with E-state index < -0.39 is 11.6 Å². The number of hydrogen-bond acceptors (Lipinski definition) is 3. The van der Waals surface area contributed by atoms with E-state index >= 15 is 0 Å². The van der Waals surface area contributed by atoms with Crippen molar-refractivity contribution in [3.8, 4) is 11.3 Å². The second kappa shape index (κ2) is 5.05. The number of nitrogens with zero attached hydrogens (tertiary/aromatic N) is 1. The molecule has 3 nitrogen and oxygen atoms in total. The van der Waals surface area contributed by atoms with E-state index in [9.17, 15) is 8.78 Å². The molecule has 0 atom stereocenters. The van der Waals surface area contributed by atoms with Gasteiger partial charge >= 0.3 is 0 Å². The van der Waals surface area contributed by atoms with Gasteiger partial charge in [-0.2, -0.15) is 0 Å². The van der Waals surface area contributed by atoms with Crippen molar-refractivity contribution in [2.24, 2.45) is 0 Å². The van der Waals surface area contributed by atoms with Gasteiger partial charge < -0.3 is 9.73 Å². The second-order valence-electron chi connectivity index (χ2n) is 3.50. The molecule has 5 heteroatoms. The Hall–Kier alpha value is -1.75. The van der Waals surface area contributed by atoms with Gasteiger partial charge in [0.25, 0.3) is 0 Å². The first-order chi connectivity index (χ1) is 8.22. The molecule has 0 bridgehead atoms. The Kier molecular flexibility index (Phi) is 3.49. The van der Waals surface area contributed by atoms with Crippen LogP contribution in [0.15, 0.2) is 28.8 Å². The average Bonchev–Trinajstić information content (AvgIpc) is 2.78. The largest absolute Gasteiger partial charge is 0.439 e. The molecule has 0 radical (unpaired) electrons. The van der Waals surface area contributed by atoms with Crippen LogP contribution in [-0.2, 0) is 6.54 Å². The van der Waals surface area contributed by atoms with Gasteiger partial charge in [-0.05, 0) is 18.7 Å². The Morgan fingerprint density at radius 3 is 2.94 bits per heavy atom. The predicted octanol–water partition coefficient (Wildman–Crippen LogP) is 2.73. The molecule has 0 spiro atoms. The molecular weight excluding hydrogens is 226 g/mol. The van der Waals surface area contributed by atoms with Crippen molar-refractivity contribution < 1.29 is 13.2 Å². The molecule has 90 valence electrons. The lowest BCUT2D eigenvalue weighted by atomic mass is 10.2. The van der Waals surface area contributed by atoms with Crippen LogP contribution < -0.4 is 5.32 Å². The van der Waals surface area contributed by atoms with E-state index in [2.05, 4.69) is 10.3 Å². The van der Waals surface area contributed by atoms with Gasteiger partial charge in [-0.3, -0.25) is 0 Å². The third-order valence-corrected chi connectivity index (χ3v) is 2.30. The van der Waals surface area contributed by atoms with Crippen molar-refractivity contribution in [3.63, 3.8) is 0 Å². The van der Waals surface area contributed by atoms with Crippen LogP contribution in [0.1, 0.15) is 12.8 Å². The molecule has 0 aliphatic heterocycles. The van der Waals surface area contributed by atoms with E-state index in [1.807, 2.05) is 6.92 Å². The van der Waals surface area contributed by atoms with Crippen molar-refractivity contribution in [2.75, 3.05) is 6.54 Å². The molecule has 1 aromatic carbocycles. The lowest BCUT2D eigenvalue weighted by Gasteiger charge is -1.99. The average molecular weight is 238 g/mol. The summed E-state index contributed by atoms with van der Waals surface area (Å²) in [7, 11) is 0. The molecule has 0 amide bonds. The maximum atomic E-state index is 13.5. The summed E-state index contributed by atoms with van der Waals surface area (Å²) in [5.41, 5.74) is 0.0836. The number of oxazole rings is 1. The summed E-state index contributed by atoms with van der Waals surface area (Å²) in [6, 6.07) is 3.95. The monoisotopic (exact) mass is 238 g/mol. The van der Waals surface area contributed by atoms with E-state index in [4.69, 9.17) is 4.42 Å². The maximum Gasteiger partial charge on any atom is 0.208 e. The zero-order valence-corrected chi connectivity index (χ0v) is 9.34. The van der Waals surface area contributed by atoms with Crippen LogP contribution in [0.2, 0.25) is 0 Å². The molecular formula is C12H12F2N2O. The summed E-state index contributed by atoms with van der Waals surface area (Å²) in [5.74, 6) is -1.13. The van der Waals surface area contributed by atoms with Crippen LogP contribution in [0.4, 0.5) is 8.78 Å². The zero-order valence-electron chi connectivity index (χ0n) is 9.34. The van der Waals surface area contributed by atoms with Crippen molar-refractivity contribution in [3.05, 3.63) is 41.9 Å². The summed E-state index contributed by atoms with van der Waals surface area (Å²) in [6.45, 7) is 3.20. The van der Waals surface area contributed by atoms with Gasteiger partial charge in [-0.1, -0.05) is 13.0 Å². The van der Waals surface area contributed by atoms with Gasteiger partial charge in [-0.25, -0.2) is 13.8 Å². The molecule has 0 unspecified atom stereocenters. The first-order valence-electron chi connectivity index (χ1n) is 5.32. The molecule has 0 aliphatic rings. The molecule has 0 saturated carbocycles. The molecule has 0 fully saturated rings. The Morgan fingerprint density at radius 1 is 1.35 bits per heavy atom. The highest BCUT2D eigenvalue weighted by atomic mass is 19.2. The van der Waals surface area contributed by atoms with E-state index in [-0.39, 0.29) is 11.3 Å². The number of aromatic nitrogens is 1. The highest BCUT2D eigenvalue weighted by Gasteiger charge is 2.13. The van der Waals surface area contributed by atoms with Crippen LogP contribution in [0.3, 0.4) is 0 Å². The molecule has 1 N–H and O–H groups in total. The van der Waals surface area contributed by atoms with Gasteiger partial charge in [0.2, 0.25) is 5.89 Å². The van der Waals surface area contributed by atoms with Crippen LogP contribution in [0.25, 0.3) is 11.3 Å². The molecule has 0 aliphatic carbocycles. The SMILES string of the molecule is CCNCc1ncc(-c2cccc(F)c2F)o1. The molecule has 0 saturated heterocycles. The Morgan fingerprint density at radius 2 is 2.18 bits per heavy atom. The highest BCUT2D eigenvalue weighted by molar-refractivity contribution is 5.57. The van der Waals surface area contributed by atoms with Gasteiger partial charge in [0.05, 0.1) is 18.3 Å². The first kappa shape index (κ1) is 11.7. The van der Waals surface area contributed by atoms with Crippen LogP contribution >= 0.6 is 0 Å². The minimum atomic E-state index is -0.918. The second-order valence-corrected chi connectivity index (χ2v) is 3.50. The maximum absolute atomic E-state index is 13.5. The molecule has 1 aromatic heterocycles. The number of nitrogens with one attached hydrogen (secondary N) is 1. The summed E-state index contributed by atoms with van der Waals surface area (Å²) >= 11 is 0. The third-order valence-electron chi connectivity index (χ3n) is 2.30. The van der Waals surface area contributed by atoms with Crippen molar-refractivity contribution in [2.45, 2.75) is 13.5 Å². The van der Waals surface area contributed by atoms with Crippen molar-refractivity contribution in [1.29, 1.82) is 0 Å². The highest BCUT2D eigenvalue weighted by Crippen LogP contribution is 2.24. The molecule has 2 rings (SSSR count). The van der Waals surface area contributed by atoms with Gasteiger partial charge in [0.1, 0.15) is 0 Å². The zero-order chi connectivity index (χ0) is 12.3. The smallest absolute Gasteiger partial charge is 0.208 e. The minimum absolute atomic E-state index is 0.0836. The van der Waals surface area contributed by atoms with E-state index in [1.54, 1.807) is 0 Å². The standard InChI is InChI=1S/C12H12F2N2O/c1-2-15-7-11-16-6-10(17-11)8-4-3-5-9(13)12(8)14/h3-6,15H,2,7H2,1H3. The van der Waals surface area contributed by atoms with E-state index in [1.165, 1.54) is 18.3 Å². The first-order valence-corrected chi connectivity index (χ1v) is 5.32. The fourth-order valence-electron chi connectivity index (χ4n) is 1.44. The lowest BCUT2D eigenvalue weighted by Crippen LogP contribution is -2.11. The Bertz CT molecular complexity index is 511. The third kappa shape index (κ3) is 2.50. The summed E-state index contributed by atoms with van der Waals surface area (Å²) in [5, 5.41) is 3.03. The van der Waals surface area contributed by atoms with Crippen LogP contribution in [-0.4, -0.2) is 11.5 Å². The minimum Gasteiger partial charge on any atom is -0.439 e. The number of halogens is 2. The van der Waals surface area contributed by atoms with Crippen LogP contribution in [0, 0.1) is 11.6 Å². The molecule has 17 heavy (non-hydrogen) atoms. The van der Waals surface area contributed by atoms with E-state index in [0.29, 0.717) is 12.4 Å². The normalized spacial score (nSPS) is 10.8. The summed E-state index contributed by atoms with van der Waals surface area (Å²) < 4.78 is 31.8. The molecule has 2 aromatic rings. The lowest BCUT2D eigenvalue weighted by molar-refractivity contribution is 0.473. The van der Waals surface area contributed by atoms with Gasteiger partial charge in [0, 0.05) is 0 Å². The van der Waals surface area contributed by atoms with Crippen molar-refractivity contribution >= 4 is 0 Å². The van der Waals surface area contributed by atoms with Crippen LogP contribution in [0.5, 0.6) is 0 Å². The fourth-order valence-corrected chi connectivity index (χ4v) is 1.44. The predicted molar refractivity (Wildman–Crippen MR) is 59.2 cm³/mol. The fraction of sp³-hybridized carbons (Fsp3) is 0.250. The Labute approximate surface area is 97.5 Å². The number of benzene rings is 1. The topological polar surface area (TPSA) is 38.1 Å².